The molecule has 3 heterocycles. The predicted octanol–water partition coefficient (Wildman–Crippen LogP) is 3.47. The van der Waals surface area contributed by atoms with Crippen molar-refractivity contribution in [3.05, 3.63) is 0 Å². The largest absolute Gasteiger partial charge is 0.462 e. The maximum atomic E-state index is 14.1. The summed E-state index contributed by atoms with van der Waals surface area (Å²) < 4.78 is 79.9. The van der Waals surface area contributed by atoms with Crippen LogP contribution in [0.5, 0.6) is 0 Å². The third-order valence-electron chi connectivity index (χ3n) is 9.78. The summed E-state index contributed by atoms with van der Waals surface area (Å²) in [6.07, 6.45) is -25.3. The number of rotatable bonds is 14. The van der Waals surface area contributed by atoms with Crippen molar-refractivity contribution < 1.29 is 105 Å². The molecule has 68 heavy (non-hydrogen) atoms. The molecule has 3 aliphatic heterocycles. The Morgan fingerprint density at radius 1 is 0.441 bits per heavy atom. The fraction of sp³-hybridized carbons (Fsp3) is 0.786. The average Bonchev–Trinajstić information content (AvgIpc) is 3.16. The van der Waals surface area contributed by atoms with Crippen LogP contribution in [0.3, 0.4) is 0 Å². The summed E-state index contributed by atoms with van der Waals surface area (Å²) in [6.45, 7) is 17.4. The molecule has 3 fully saturated rings. The van der Waals surface area contributed by atoms with Crippen molar-refractivity contribution in [2.24, 2.45) is 10.8 Å². The normalized spacial score (nSPS) is 32.0. The molecule has 0 aromatic rings. The fourth-order valence-electron chi connectivity index (χ4n) is 6.88. The van der Waals surface area contributed by atoms with Gasteiger partial charge >= 0.3 is 47.8 Å². The minimum absolute atomic E-state index is 0.756. The number of halogens is 3. The molecular weight excluding hydrogens is 977 g/mol. The molecular formula is C42H60Cl3NO22. The van der Waals surface area contributed by atoms with Gasteiger partial charge in [-0.15, -0.1) is 0 Å². The lowest BCUT2D eigenvalue weighted by molar-refractivity contribution is -0.379. The Balaban J connectivity index is 2.42. The lowest BCUT2D eigenvalue weighted by Crippen LogP contribution is -2.68. The average molecular weight is 1040 g/mol. The Morgan fingerprint density at radius 3 is 1.13 bits per heavy atom. The molecule has 3 rings (SSSR count). The molecule has 0 unspecified atom stereocenters. The van der Waals surface area contributed by atoms with Gasteiger partial charge in [-0.3, -0.25) is 43.8 Å². The predicted molar refractivity (Wildman–Crippen MR) is 229 cm³/mol. The van der Waals surface area contributed by atoms with Gasteiger partial charge < -0.3 is 66.3 Å². The van der Waals surface area contributed by atoms with Gasteiger partial charge in [0, 0.05) is 41.5 Å². The smallest absolute Gasteiger partial charge is 0.311 e. The Hall–Kier alpha value is -4.10. The molecule has 15 atom stereocenters. The highest BCUT2D eigenvalue weighted by Crippen LogP contribution is 2.40. The van der Waals surface area contributed by atoms with Crippen LogP contribution < -0.4 is 0 Å². The minimum atomic E-state index is -2.59. The number of nitrogens with one attached hydrogen (secondary N) is 1. The van der Waals surface area contributed by atoms with Gasteiger partial charge in [0.15, 0.2) is 61.4 Å². The summed E-state index contributed by atoms with van der Waals surface area (Å²) >= 11 is 18.2. The number of carbonyl (C=O) groups is 8. The highest BCUT2D eigenvalue weighted by Gasteiger charge is 2.60. The van der Waals surface area contributed by atoms with Crippen LogP contribution >= 0.6 is 34.8 Å². The molecule has 23 nitrogen and oxygen atoms in total. The van der Waals surface area contributed by atoms with Gasteiger partial charge in [0.05, 0.1) is 23.0 Å². The van der Waals surface area contributed by atoms with E-state index in [0.717, 1.165) is 41.5 Å². The van der Waals surface area contributed by atoms with Gasteiger partial charge in [-0.1, -0.05) is 34.8 Å². The number of esters is 8. The van der Waals surface area contributed by atoms with Crippen molar-refractivity contribution in [3.63, 3.8) is 0 Å². The summed E-state index contributed by atoms with van der Waals surface area (Å²) in [5.41, 5.74) is -2.44. The van der Waals surface area contributed by atoms with E-state index < -0.39 is 167 Å². The Bertz CT molecular complexity index is 1880. The Labute approximate surface area is 407 Å². The zero-order valence-electron chi connectivity index (χ0n) is 40.0. The molecule has 0 bridgehead atoms. The highest BCUT2D eigenvalue weighted by molar-refractivity contribution is 6.76. The maximum absolute atomic E-state index is 14.1. The molecule has 3 aliphatic rings. The van der Waals surface area contributed by atoms with E-state index in [2.05, 4.69) is 0 Å². The number of hydrogen-bond acceptors (Lipinski definition) is 23. The SMILES string of the molecule is CC(=O)O[C@@H]1[C@@H](OC(C)=O)[C@H](C)O[C@@H](O[C@H]2[C@H](OC(=N)C(Cl)(Cl)Cl)O[C@H](COC(=O)C(C)(C)C)[C@@H](O[C@@H]3O[C@@H](C)[C@H](OC(C)=O)[C@@H](OC(C)=O)[C@H]3OC(C)=O)[C@@H]2OC(=O)C(C)(C)C)[C@@H]1OC(C)=O. The first kappa shape index (κ1) is 58.2. The van der Waals surface area contributed by atoms with Crippen LogP contribution in [0.2, 0.25) is 0 Å². The number of alkyl halides is 3. The monoisotopic (exact) mass is 1040 g/mol. The topological polar surface area (TPSA) is 290 Å². The summed E-state index contributed by atoms with van der Waals surface area (Å²) in [5, 5.41) is 8.56. The van der Waals surface area contributed by atoms with Crippen LogP contribution in [-0.2, 0) is 105 Å². The molecule has 0 aromatic carbocycles. The summed E-state index contributed by atoms with van der Waals surface area (Å²) in [7, 11) is 0. The molecule has 0 saturated carbocycles. The van der Waals surface area contributed by atoms with Crippen LogP contribution in [0, 0.1) is 16.2 Å². The second-order valence-electron chi connectivity index (χ2n) is 18.0. The second-order valence-corrected chi connectivity index (χ2v) is 20.3. The Kier molecular flexibility index (Phi) is 20.3. The first-order chi connectivity index (χ1) is 31.1. The number of ether oxygens (including phenoxy) is 14. The molecule has 0 spiro atoms. The van der Waals surface area contributed by atoms with E-state index in [9.17, 15) is 38.4 Å². The first-order valence-electron chi connectivity index (χ1n) is 21.1. The van der Waals surface area contributed by atoms with E-state index in [-0.39, 0.29) is 0 Å². The molecule has 0 aliphatic carbocycles. The van der Waals surface area contributed by atoms with Crippen molar-refractivity contribution >= 4 is 88.5 Å². The zero-order valence-corrected chi connectivity index (χ0v) is 42.3. The van der Waals surface area contributed by atoms with Gasteiger partial charge in [0.1, 0.15) is 18.8 Å². The van der Waals surface area contributed by atoms with E-state index in [4.69, 9.17) is 107 Å². The number of hydrogen-bond donors (Lipinski definition) is 1. The molecule has 0 radical (unpaired) electrons. The first-order valence-corrected chi connectivity index (χ1v) is 22.3. The van der Waals surface area contributed by atoms with Gasteiger partial charge in [0.2, 0.25) is 12.2 Å². The third-order valence-corrected chi connectivity index (χ3v) is 10.3. The van der Waals surface area contributed by atoms with Crippen LogP contribution in [0.4, 0.5) is 0 Å². The number of carbonyl (C=O) groups excluding carboxylic acids is 8. The molecule has 0 aromatic heterocycles. The summed E-state index contributed by atoms with van der Waals surface area (Å²) in [4.78, 5) is 103. The second kappa shape index (κ2) is 23.7. The van der Waals surface area contributed by atoms with Crippen LogP contribution in [-0.4, -0.2) is 156 Å². The minimum Gasteiger partial charge on any atom is -0.462 e. The maximum Gasteiger partial charge on any atom is 0.311 e. The van der Waals surface area contributed by atoms with E-state index in [1.165, 1.54) is 34.6 Å². The molecule has 26 heteroatoms. The molecule has 3 saturated heterocycles. The molecule has 1 N–H and O–H groups in total. The van der Waals surface area contributed by atoms with Crippen LogP contribution in [0.1, 0.15) is 96.9 Å². The highest BCUT2D eigenvalue weighted by atomic mass is 35.6. The fourth-order valence-corrected chi connectivity index (χ4v) is 7.01. The van der Waals surface area contributed by atoms with Crippen molar-refractivity contribution in [2.75, 3.05) is 6.61 Å². The summed E-state index contributed by atoms with van der Waals surface area (Å²) in [6, 6.07) is 0. The zero-order chi connectivity index (χ0) is 52.0. The van der Waals surface area contributed by atoms with Gasteiger partial charge in [-0.25, -0.2) is 0 Å². The lowest BCUT2D eigenvalue weighted by Gasteiger charge is -2.50. The van der Waals surface area contributed by atoms with Crippen molar-refractivity contribution in [2.45, 2.75) is 193 Å². The van der Waals surface area contributed by atoms with Crippen LogP contribution in [0.15, 0.2) is 0 Å². The quantitative estimate of drug-likeness (QED) is 0.0856. The molecule has 0 amide bonds. The van der Waals surface area contributed by atoms with E-state index in [0.29, 0.717) is 0 Å². The van der Waals surface area contributed by atoms with Crippen molar-refractivity contribution in [1.82, 2.24) is 0 Å². The summed E-state index contributed by atoms with van der Waals surface area (Å²) in [5.74, 6) is -8.24. The van der Waals surface area contributed by atoms with Crippen LogP contribution in [0.25, 0.3) is 0 Å². The van der Waals surface area contributed by atoms with E-state index in [1.807, 2.05) is 0 Å². The van der Waals surface area contributed by atoms with E-state index >= 15 is 0 Å². The standard InChI is InChI=1S/C42H60Cl3NO22/c1-16-25(58-18(3)47)28(60-20(5)49)31(62-22(7)51)34(56-16)65-27-24(15-55-38(53)40(9,10)11)64-36(68-37(46)42(43,44)45)33(30(27)67-39(54)41(12,13)14)66-35-32(63-23(8)52)29(61-21(6)50)26(17(2)57-35)59-19(4)48/h16-17,24-36,46H,15H2,1-14H3/t16-,17-,24+,25-,26-,27+,28+,29+,30-,31+,32+,33+,34-,35-,36-/m0/s1. The van der Waals surface area contributed by atoms with Gasteiger partial charge in [-0.05, 0) is 55.4 Å². The van der Waals surface area contributed by atoms with Crippen molar-refractivity contribution in [1.29, 1.82) is 5.41 Å². The lowest BCUT2D eigenvalue weighted by atomic mass is 9.94. The van der Waals surface area contributed by atoms with Crippen molar-refractivity contribution in [3.8, 4) is 0 Å². The Morgan fingerprint density at radius 2 is 0.779 bits per heavy atom. The third kappa shape index (κ3) is 16.2. The van der Waals surface area contributed by atoms with Gasteiger partial charge in [0.25, 0.3) is 3.79 Å². The molecule has 386 valence electrons. The van der Waals surface area contributed by atoms with E-state index in [1.54, 1.807) is 20.8 Å². The van der Waals surface area contributed by atoms with Gasteiger partial charge in [-0.2, -0.15) is 0 Å².